The Balaban J connectivity index is 2.28. The highest BCUT2D eigenvalue weighted by molar-refractivity contribution is 7.99. The minimum atomic E-state index is 0.0332. The van der Waals surface area contributed by atoms with Gasteiger partial charge >= 0.3 is 0 Å². The minimum Gasteiger partial charge on any atom is -0.394 e. The van der Waals surface area contributed by atoms with Gasteiger partial charge in [-0.3, -0.25) is 0 Å². The van der Waals surface area contributed by atoms with Crippen molar-refractivity contribution in [1.82, 2.24) is 5.32 Å². The Bertz CT molecular complexity index is 210. The zero-order chi connectivity index (χ0) is 12.7. The summed E-state index contributed by atoms with van der Waals surface area (Å²) in [6.07, 6.45) is 6.01. The van der Waals surface area contributed by atoms with Gasteiger partial charge in [0.05, 0.1) is 6.61 Å². The first kappa shape index (κ1) is 15.3. The van der Waals surface area contributed by atoms with E-state index in [-0.39, 0.29) is 5.54 Å². The third kappa shape index (κ3) is 5.19. The molecule has 0 spiro atoms. The van der Waals surface area contributed by atoms with Crippen LogP contribution in [-0.2, 0) is 0 Å². The fraction of sp³-hybridized carbons (Fsp3) is 1.00. The predicted octanol–water partition coefficient (Wildman–Crippen LogP) is 3.05. The first-order valence-corrected chi connectivity index (χ1v) is 8.14. The van der Waals surface area contributed by atoms with Crippen molar-refractivity contribution in [2.75, 3.05) is 18.9 Å². The van der Waals surface area contributed by atoms with Crippen LogP contribution in [0.4, 0.5) is 0 Å². The van der Waals surface area contributed by atoms with Gasteiger partial charge in [-0.15, -0.1) is 0 Å². The van der Waals surface area contributed by atoms with Gasteiger partial charge in [0.2, 0.25) is 0 Å². The second-order valence-corrected chi connectivity index (χ2v) is 7.19. The first-order valence-electron chi connectivity index (χ1n) is 7.09. The quantitative estimate of drug-likeness (QED) is 0.703. The lowest BCUT2D eigenvalue weighted by atomic mass is 9.99. The summed E-state index contributed by atoms with van der Waals surface area (Å²) in [7, 11) is 0. The van der Waals surface area contributed by atoms with Crippen LogP contribution in [0.25, 0.3) is 0 Å². The van der Waals surface area contributed by atoms with Crippen LogP contribution in [0, 0.1) is 5.92 Å². The lowest BCUT2D eigenvalue weighted by molar-refractivity contribution is 0.165. The van der Waals surface area contributed by atoms with Gasteiger partial charge in [-0.05, 0) is 50.3 Å². The van der Waals surface area contributed by atoms with E-state index in [1.165, 1.54) is 18.6 Å². The van der Waals surface area contributed by atoms with Crippen LogP contribution in [0.1, 0.15) is 52.9 Å². The molecule has 0 aromatic heterocycles. The van der Waals surface area contributed by atoms with Gasteiger partial charge in [0.1, 0.15) is 0 Å². The standard InChI is InChI=1S/C14H29NOS/c1-4-8-15-14(11-16)7-5-13(10-14)17-9-6-12(2)3/h12-13,15-16H,4-11H2,1-3H3. The molecule has 2 unspecified atom stereocenters. The fourth-order valence-corrected chi connectivity index (χ4v) is 4.10. The molecule has 1 saturated carbocycles. The van der Waals surface area contributed by atoms with E-state index < -0.39 is 0 Å². The molecular weight excluding hydrogens is 230 g/mol. The maximum atomic E-state index is 9.60. The van der Waals surface area contributed by atoms with Crippen molar-refractivity contribution < 1.29 is 5.11 Å². The third-order valence-electron chi connectivity index (χ3n) is 3.66. The molecule has 0 aromatic rings. The zero-order valence-corrected chi connectivity index (χ0v) is 12.5. The van der Waals surface area contributed by atoms with Crippen molar-refractivity contribution in [2.45, 2.75) is 63.7 Å². The normalized spacial score (nSPS) is 29.1. The van der Waals surface area contributed by atoms with Gasteiger partial charge in [0, 0.05) is 10.8 Å². The molecule has 1 rings (SSSR count). The van der Waals surface area contributed by atoms with Crippen LogP contribution in [-0.4, -0.2) is 34.8 Å². The van der Waals surface area contributed by atoms with Crippen LogP contribution in [0.2, 0.25) is 0 Å². The number of rotatable bonds is 8. The summed E-state index contributed by atoms with van der Waals surface area (Å²) in [6, 6.07) is 0. The molecule has 0 radical (unpaired) electrons. The second kappa shape index (κ2) is 7.65. The average Bonchev–Trinajstić information content (AvgIpc) is 2.71. The highest BCUT2D eigenvalue weighted by Gasteiger charge is 2.37. The number of thioether (sulfide) groups is 1. The van der Waals surface area contributed by atoms with Gasteiger partial charge in [-0.25, -0.2) is 0 Å². The Morgan fingerprint density at radius 3 is 2.82 bits per heavy atom. The van der Waals surface area contributed by atoms with Crippen LogP contribution in [0.15, 0.2) is 0 Å². The van der Waals surface area contributed by atoms with Crippen LogP contribution >= 0.6 is 11.8 Å². The largest absolute Gasteiger partial charge is 0.394 e. The number of hydrogen-bond acceptors (Lipinski definition) is 3. The summed E-state index contributed by atoms with van der Waals surface area (Å²) in [5, 5.41) is 13.9. The summed E-state index contributed by atoms with van der Waals surface area (Å²) in [5.41, 5.74) is 0.0332. The van der Waals surface area contributed by atoms with Crippen molar-refractivity contribution in [2.24, 2.45) is 5.92 Å². The Morgan fingerprint density at radius 1 is 1.47 bits per heavy atom. The smallest absolute Gasteiger partial charge is 0.0613 e. The summed E-state index contributed by atoms with van der Waals surface area (Å²) < 4.78 is 0. The van der Waals surface area contributed by atoms with Crippen molar-refractivity contribution in [3.63, 3.8) is 0 Å². The van der Waals surface area contributed by atoms with Gasteiger partial charge in [-0.1, -0.05) is 20.8 Å². The van der Waals surface area contributed by atoms with Gasteiger partial charge in [0.15, 0.2) is 0 Å². The molecule has 17 heavy (non-hydrogen) atoms. The van der Waals surface area contributed by atoms with E-state index in [4.69, 9.17) is 0 Å². The van der Waals surface area contributed by atoms with E-state index in [0.29, 0.717) is 6.61 Å². The molecular formula is C14H29NOS. The van der Waals surface area contributed by atoms with Crippen LogP contribution in [0.5, 0.6) is 0 Å². The van der Waals surface area contributed by atoms with Gasteiger partial charge < -0.3 is 10.4 Å². The lowest BCUT2D eigenvalue weighted by Gasteiger charge is -2.28. The molecule has 1 aliphatic carbocycles. The summed E-state index contributed by atoms with van der Waals surface area (Å²) in [5.74, 6) is 2.09. The topological polar surface area (TPSA) is 32.3 Å². The second-order valence-electron chi connectivity index (χ2n) is 5.78. The van der Waals surface area contributed by atoms with E-state index in [2.05, 4.69) is 37.8 Å². The van der Waals surface area contributed by atoms with Crippen molar-refractivity contribution in [1.29, 1.82) is 0 Å². The van der Waals surface area contributed by atoms with E-state index in [0.717, 1.165) is 37.0 Å². The number of aliphatic hydroxyl groups is 1. The molecule has 0 saturated heterocycles. The molecule has 2 atom stereocenters. The Morgan fingerprint density at radius 2 is 2.24 bits per heavy atom. The molecule has 0 aliphatic heterocycles. The Labute approximate surface area is 111 Å². The monoisotopic (exact) mass is 259 g/mol. The van der Waals surface area contributed by atoms with Crippen LogP contribution in [0.3, 0.4) is 0 Å². The maximum Gasteiger partial charge on any atom is 0.0613 e. The Kier molecular flexibility index (Phi) is 6.90. The Hall–Kier alpha value is 0.270. The van der Waals surface area contributed by atoms with E-state index >= 15 is 0 Å². The molecule has 2 N–H and O–H groups in total. The zero-order valence-electron chi connectivity index (χ0n) is 11.7. The van der Waals surface area contributed by atoms with Crippen molar-refractivity contribution in [3.8, 4) is 0 Å². The molecule has 0 bridgehead atoms. The molecule has 1 aliphatic rings. The summed E-state index contributed by atoms with van der Waals surface area (Å²) in [4.78, 5) is 0. The highest BCUT2D eigenvalue weighted by Crippen LogP contribution is 2.37. The molecule has 3 heteroatoms. The molecule has 0 amide bonds. The van der Waals surface area contributed by atoms with Crippen molar-refractivity contribution >= 4 is 11.8 Å². The van der Waals surface area contributed by atoms with E-state index in [1.807, 2.05) is 0 Å². The molecule has 102 valence electrons. The van der Waals surface area contributed by atoms with E-state index in [9.17, 15) is 5.11 Å². The third-order valence-corrected chi connectivity index (χ3v) is 5.01. The lowest BCUT2D eigenvalue weighted by Crippen LogP contribution is -2.46. The molecule has 0 aromatic carbocycles. The average molecular weight is 259 g/mol. The first-order chi connectivity index (χ1) is 8.12. The number of hydrogen-bond donors (Lipinski definition) is 2. The molecule has 2 nitrogen and oxygen atoms in total. The van der Waals surface area contributed by atoms with Crippen LogP contribution < -0.4 is 5.32 Å². The fourth-order valence-electron chi connectivity index (χ4n) is 2.44. The minimum absolute atomic E-state index is 0.0332. The summed E-state index contributed by atoms with van der Waals surface area (Å²) in [6.45, 7) is 8.09. The number of nitrogens with one attached hydrogen (secondary N) is 1. The van der Waals surface area contributed by atoms with Gasteiger partial charge in [0.25, 0.3) is 0 Å². The SMILES string of the molecule is CCCNC1(CO)CCC(SCCC(C)C)C1. The molecule has 1 fully saturated rings. The predicted molar refractivity (Wildman–Crippen MR) is 77.7 cm³/mol. The molecule has 0 heterocycles. The highest BCUT2D eigenvalue weighted by atomic mass is 32.2. The van der Waals surface area contributed by atoms with Crippen molar-refractivity contribution in [3.05, 3.63) is 0 Å². The van der Waals surface area contributed by atoms with Gasteiger partial charge in [-0.2, -0.15) is 11.8 Å². The maximum absolute atomic E-state index is 9.60. The van der Waals surface area contributed by atoms with E-state index in [1.54, 1.807) is 0 Å². The number of aliphatic hydroxyl groups excluding tert-OH is 1. The summed E-state index contributed by atoms with van der Waals surface area (Å²) >= 11 is 2.11.